The van der Waals surface area contributed by atoms with Crippen molar-refractivity contribution in [2.45, 2.75) is 25.3 Å². The number of rotatable bonds is 3. The van der Waals surface area contributed by atoms with Crippen molar-refractivity contribution in [3.8, 4) is 0 Å². The maximum absolute atomic E-state index is 12.6. The maximum atomic E-state index is 12.6. The molecule has 0 bridgehead atoms. The maximum Gasteiger partial charge on any atom is 0.227 e. The molecule has 2 heterocycles. The lowest BCUT2D eigenvalue weighted by Crippen LogP contribution is -2.31. The van der Waals surface area contributed by atoms with Crippen LogP contribution in [0.25, 0.3) is 0 Å². The van der Waals surface area contributed by atoms with Crippen LogP contribution in [-0.2, 0) is 11.2 Å². The van der Waals surface area contributed by atoms with Gasteiger partial charge in [0, 0.05) is 21.5 Å². The van der Waals surface area contributed by atoms with Crippen LogP contribution in [0.2, 0.25) is 10.0 Å². The molecule has 1 aromatic heterocycles. The van der Waals surface area contributed by atoms with Gasteiger partial charge in [0.25, 0.3) is 0 Å². The van der Waals surface area contributed by atoms with Gasteiger partial charge in [0.05, 0.1) is 12.5 Å². The normalized spacial score (nSPS) is 18.2. The summed E-state index contributed by atoms with van der Waals surface area (Å²) in [5.74, 6) is 0.0981. The van der Waals surface area contributed by atoms with E-state index in [1.807, 2.05) is 11.0 Å². The van der Waals surface area contributed by atoms with E-state index in [-0.39, 0.29) is 18.4 Å². The van der Waals surface area contributed by atoms with Crippen molar-refractivity contribution >= 4 is 40.4 Å². The van der Waals surface area contributed by atoms with E-state index in [0.29, 0.717) is 10.0 Å². The summed E-state index contributed by atoms with van der Waals surface area (Å²) in [6.07, 6.45) is 2.34. The highest BCUT2D eigenvalue weighted by Gasteiger charge is 2.30. The largest absolute Gasteiger partial charge is 0.335 e. The van der Waals surface area contributed by atoms with Crippen molar-refractivity contribution in [3.63, 3.8) is 0 Å². The van der Waals surface area contributed by atoms with Crippen molar-refractivity contribution in [1.82, 2.24) is 4.90 Å². The zero-order chi connectivity index (χ0) is 14.8. The van der Waals surface area contributed by atoms with Crippen LogP contribution < -0.4 is 0 Å². The summed E-state index contributed by atoms with van der Waals surface area (Å²) >= 11 is 14.0. The van der Waals surface area contributed by atoms with E-state index in [0.717, 1.165) is 24.9 Å². The Bertz CT molecular complexity index is 621. The monoisotopic (exact) mass is 339 g/mol. The molecule has 1 atom stereocenters. The molecule has 0 N–H and O–H groups in total. The van der Waals surface area contributed by atoms with Crippen molar-refractivity contribution in [1.29, 1.82) is 0 Å². The molecule has 0 saturated carbocycles. The highest BCUT2D eigenvalue weighted by atomic mass is 35.5. The van der Waals surface area contributed by atoms with Crippen LogP contribution in [0.5, 0.6) is 0 Å². The minimum Gasteiger partial charge on any atom is -0.335 e. The van der Waals surface area contributed by atoms with Gasteiger partial charge in [-0.2, -0.15) is 0 Å². The van der Waals surface area contributed by atoms with Crippen molar-refractivity contribution in [3.05, 3.63) is 56.2 Å². The van der Waals surface area contributed by atoms with Gasteiger partial charge < -0.3 is 4.90 Å². The lowest BCUT2D eigenvalue weighted by molar-refractivity contribution is -0.131. The zero-order valence-electron chi connectivity index (χ0n) is 11.4. The molecule has 1 fully saturated rings. The third-order valence-electron chi connectivity index (χ3n) is 3.83. The van der Waals surface area contributed by atoms with Gasteiger partial charge in [-0.1, -0.05) is 35.3 Å². The second kappa shape index (κ2) is 6.39. The first-order valence-electron chi connectivity index (χ1n) is 6.92. The predicted octanol–water partition coefficient (Wildman–Crippen LogP) is 4.96. The number of nitrogens with zero attached hydrogens (tertiary/aromatic N) is 1. The molecule has 2 nitrogen and oxygen atoms in total. The molecule has 1 amide bonds. The molecule has 1 aliphatic heterocycles. The minimum atomic E-state index is 0.0981. The van der Waals surface area contributed by atoms with Crippen LogP contribution in [0.15, 0.2) is 35.7 Å². The fourth-order valence-electron chi connectivity index (χ4n) is 2.80. The predicted molar refractivity (Wildman–Crippen MR) is 88.2 cm³/mol. The molecular formula is C16H15Cl2NOS. The summed E-state index contributed by atoms with van der Waals surface area (Å²) in [6.45, 7) is 0.809. The lowest BCUT2D eigenvalue weighted by Gasteiger charge is -2.24. The van der Waals surface area contributed by atoms with Gasteiger partial charge in [0.1, 0.15) is 0 Å². The Balaban J connectivity index is 1.79. The Labute approximate surface area is 138 Å². The van der Waals surface area contributed by atoms with E-state index >= 15 is 0 Å². The Morgan fingerprint density at radius 2 is 2.00 bits per heavy atom. The quantitative estimate of drug-likeness (QED) is 0.773. The molecule has 1 aliphatic rings. The third-order valence-corrected chi connectivity index (χ3v) is 5.52. The molecule has 0 spiro atoms. The smallest absolute Gasteiger partial charge is 0.227 e. The van der Waals surface area contributed by atoms with E-state index in [9.17, 15) is 4.79 Å². The first-order valence-corrected chi connectivity index (χ1v) is 8.56. The fourth-order valence-corrected chi connectivity index (χ4v) is 4.20. The molecule has 0 aliphatic carbocycles. The summed E-state index contributed by atoms with van der Waals surface area (Å²) in [5, 5.41) is 3.17. The summed E-state index contributed by atoms with van der Waals surface area (Å²) in [4.78, 5) is 15.9. The van der Waals surface area contributed by atoms with Gasteiger partial charge in [-0.25, -0.2) is 0 Å². The van der Waals surface area contributed by atoms with Gasteiger partial charge >= 0.3 is 0 Å². The average Bonchev–Trinajstić information content (AvgIpc) is 3.12. The fraction of sp³-hybridized carbons (Fsp3) is 0.312. The molecule has 5 heteroatoms. The SMILES string of the molecule is O=C(Cc1c(Cl)cccc1Cl)N1CCCC1c1cccs1. The first kappa shape index (κ1) is 14.9. The summed E-state index contributed by atoms with van der Waals surface area (Å²) in [5.41, 5.74) is 0.725. The number of carbonyl (C=O) groups is 1. The summed E-state index contributed by atoms with van der Waals surface area (Å²) in [7, 11) is 0. The molecule has 3 rings (SSSR count). The number of hydrogen-bond acceptors (Lipinski definition) is 2. The van der Waals surface area contributed by atoms with E-state index < -0.39 is 0 Å². The molecule has 21 heavy (non-hydrogen) atoms. The van der Waals surface area contributed by atoms with Crippen LogP contribution in [-0.4, -0.2) is 17.4 Å². The number of likely N-dealkylation sites (tertiary alicyclic amines) is 1. The molecule has 110 valence electrons. The van der Waals surface area contributed by atoms with Gasteiger partial charge in [-0.05, 0) is 42.0 Å². The van der Waals surface area contributed by atoms with Crippen LogP contribution in [0.1, 0.15) is 29.3 Å². The topological polar surface area (TPSA) is 20.3 Å². The number of halogens is 2. The molecule has 1 unspecified atom stereocenters. The zero-order valence-corrected chi connectivity index (χ0v) is 13.7. The summed E-state index contributed by atoms with van der Waals surface area (Å²) < 4.78 is 0. The Morgan fingerprint density at radius 1 is 1.24 bits per heavy atom. The number of benzene rings is 1. The minimum absolute atomic E-state index is 0.0981. The second-order valence-corrected chi connectivity index (χ2v) is 6.93. The van der Waals surface area contributed by atoms with Crippen molar-refractivity contribution in [2.75, 3.05) is 6.54 Å². The van der Waals surface area contributed by atoms with E-state index in [1.54, 1.807) is 29.5 Å². The van der Waals surface area contributed by atoms with Crippen LogP contribution in [0.3, 0.4) is 0 Å². The number of thiophene rings is 1. The van der Waals surface area contributed by atoms with Gasteiger partial charge in [0.15, 0.2) is 0 Å². The van der Waals surface area contributed by atoms with E-state index in [1.165, 1.54) is 4.88 Å². The molecular weight excluding hydrogens is 325 g/mol. The first-order chi connectivity index (χ1) is 10.2. The number of hydrogen-bond donors (Lipinski definition) is 0. The van der Waals surface area contributed by atoms with Gasteiger partial charge in [-0.15, -0.1) is 11.3 Å². The van der Waals surface area contributed by atoms with Gasteiger partial charge in [0.2, 0.25) is 5.91 Å². The Kier molecular flexibility index (Phi) is 4.53. The highest BCUT2D eigenvalue weighted by molar-refractivity contribution is 7.10. The summed E-state index contributed by atoms with van der Waals surface area (Å²) in [6, 6.07) is 9.69. The van der Waals surface area contributed by atoms with Crippen LogP contribution in [0.4, 0.5) is 0 Å². The third kappa shape index (κ3) is 3.10. The Hall–Kier alpha value is -1.03. The van der Waals surface area contributed by atoms with Crippen molar-refractivity contribution < 1.29 is 4.79 Å². The molecule has 1 saturated heterocycles. The number of amides is 1. The van der Waals surface area contributed by atoms with Gasteiger partial charge in [-0.3, -0.25) is 4.79 Å². The molecule has 1 aromatic carbocycles. The lowest BCUT2D eigenvalue weighted by atomic mass is 10.1. The van der Waals surface area contributed by atoms with Crippen molar-refractivity contribution in [2.24, 2.45) is 0 Å². The van der Waals surface area contributed by atoms with E-state index in [2.05, 4.69) is 11.4 Å². The number of carbonyl (C=O) groups excluding carboxylic acids is 1. The standard InChI is InChI=1S/C16H15Cl2NOS/c17-12-4-1-5-13(18)11(12)10-16(20)19-8-2-6-14(19)15-7-3-9-21-15/h1,3-5,7,9,14H,2,6,8,10H2. The van der Waals surface area contributed by atoms with E-state index in [4.69, 9.17) is 23.2 Å². The van der Waals surface area contributed by atoms with Crippen LogP contribution in [0, 0.1) is 0 Å². The molecule has 2 aromatic rings. The molecule has 0 radical (unpaired) electrons. The second-order valence-electron chi connectivity index (χ2n) is 5.14. The van der Waals surface area contributed by atoms with Crippen LogP contribution >= 0.6 is 34.5 Å². The average molecular weight is 340 g/mol. The Morgan fingerprint density at radius 3 is 2.67 bits per heavy atom. The highest BCUT2D eigenvalue weighted by Crippen LogP contribution is 2.35.